The van der Waals surface area contributed by atoms with Gasteiger partial charge in [0.1, 0.15) is 11.3 Å². The summed E-state index contributed by atoms with van der Waals surface area (Å²) in [4.78, 5) is 20.8. The second kappa shape index (κ2) is 5.51. The number of amides is 1. The monoisotopic (exact) mass is 233 g/mol. The first-order valence-electron chi connectivity index (χ1n) is 4.78. The Bertz CT molecular complexity index is 514. The van der Waals surface area contributed by atoms with Gasteiger partial charge in [-0.25, -0.2) is 0 Å². The Hall–Kier alpha value is -2.55. The molecular weight excluding hydrogens is 222 g/mol. The largest absolute Gasteiger partial charge is 0.393 e. The zero-order chi connectivity index (χ0) is 12.8. The molecule has 6 nitrogen and oxygen atoms in total. The van der Waals surface area contributed by atoms with Gasteiger partial charge in [-0.1, -0.05) is 17.9 Å². The van der Waals surface area contributed by atoms with Crippen molar-refractivity contribution in [2.75, 3.05) is 12.3 Å². The van der Waals surface area contributed by atoms with Crippen molar-refractivity contribution < 1.29 is 9.72 Å². The molecular formula is C11H11N3O3. The second-order valence-corrected chi connectivity index (χ2v) is 3.21. The molecule has 0 atom stereocenters. The fraction of sp³-hybridized carbons (Fsp3) is 0.182. The van der Waals surface area contributed by atoms with Gasteiger partial charge < -0.3 is 11.1 Å². The number of hydrogen-bond donors (Lipinski definition) is 2. The van der Waals surface area contributed by atoms with Crippen molar-refractivity contribution in [1.29, 1.82) is 0 Å². The second-order valence-electron chi connectivity index (χ2n) is 3.21. The lowest BCUT2D eigenvalue weighted by Gasteiger charge is -1.98. The van der Waals surface area contributed by atoms with E-state index < -0.39 is 4.92 Å². The number of nitrogens with zero attached hydrogens (tertiary/aromatic N) is 1. The minimum Gasteiger partial charge on any atom is -0.393 e. The van der Waals surface area contributed by atoms with Crippen LogP contribution >= 0.6 is 0 Å². The maximum absolute atomic E-state index is 10.8. The third-order valence-electron chi connectivity index (χ3n) is 1.90. The Morgan fingerprint density at radius 1 is 1.59 bits per heavy atom. The summed E-state index contributed by atoms with van der Waals surface area (Å²) in [5, 5.41) is 13.2. The van der Waals surface area contributed by atoms with Crippen LogP contribution in [-0.4, -0.2) is 17.4 Å². The molecule has 0 aliphatic heterocycles. The third kappa shape index (κ3) is 3.50. The third-order valence-corrected chi connectivity index (χ3v) is 1.90. The first-order chi connectivity index (χ1) is 8.02. The molecule has 1 amide bonds. The lowest BCUT2D eigenvalue weighted by atomic mass is 10.1. The van der Waals surface area contributed by atoms with E-state index in [-0.39, 0.29) is 29.4 Å². The van der Waals surface area contributed by atoms with E-state index in [2.05, 4.69) is 17.2 Å². The number of nitrogens with one attached hydrogen (secondary N) is 1. The van der Waals surface area contributed by atoms with Gasteiger partial charge in [-0.15, -0.1) is 0 Å². The van der Waals surface area contributed by atoms with Crippen LogP contribution < -0.4 is 11.1 Å². The van der Waals surface area contributed by atoms with E-state index in [0.717, 1.165) is 0 Å². The molecule has 88 valence electrons. The van der Waals surface area contributed by atoms with Crippen molar-refractivity contribution in [1.82, 2.24) is 5.32 Å². The van der Waals surface area contributed by atoms with Gasteiger partial charge >= 0.3 is 5.69 Å². The van der Waals surface area contributed by atoms with Gasteiger partial charge in [-0.2, -0.15) is 0 Å². The average Bonchev–Trinajstić information content (AvgIpc) is 2.23. The molecule has 0 aromatic heterocycles. The summed E-state index contributed by atoms with van der Waals surface area (Å²) >= 11 is 0. The van der Waals surface area contributed by atoms with Gasteiger partial charge in [-0.3, -0.25) is 14.9 Å². The summed E-state index contributed by atoms with van der Waals surface area (Å²) < 4.78 is 0. The standard InChI is InChI=1S/C11H11N3O3/c1-8(15)13-7-3-5-9-4-2-6-10(12)11(9)14(16)17/h2,4,6H,7,12H2,1H3,(H,13,15). The molecule has 0 radical (unpaired) electrons. The summed E-state index contributed by atoms with van der Waals surface area (Å²) in [6.07, 6.45) is 0. The zero-order valence-electron chi connectivity index (χ0n) is 9.19. The van der Waals surface area contributed by atoms with Crippen molar-refractivity contribution in [3.63, 3.8) is 0 Å². The quantitative estimate of drug-likeness (QED) is 0.339. The maximum Gasteiger partial charge on any atom is 0.307 e. The highest BCUT2D eigenvalue weighted by atomic mass is 16.6. The topological polar surface area (TPSA) is 98.3 Å². The van der Waals surface area contributed by atoms with Crippen LogP contribution in [-0.2, 0) is 4.79 Å². The highest BCUT2D eigenvalue weighted by Gasteiger charge is 2.15. The summed E-state index contributed by atoms with van der Waals surface area (Å²) in [6.45, 7) is 1.51. The SMILES string of the molecule is CC(=O)NCC#Cc1cccc(N)c1[N+](=O)[O-]. The van der Waals surface area contributed by atoms with E-state index in [1.165, 1.54) is 19.1 Å². The highest BCUT2D eigenvalue weighted by molar-refractivity contribution is 5.73. The van der Waals surface area contributed by atoms with Gasteiger partial charge in [0.05, 0.1) is 11.5 Å². The molecule has 0 aliphatic carbocycles. The minimum absolute atomic E-state index is 0.0707. The Balaban J connectivity index is 2.94. The first-order valence-corrected chi connectivity index (χ1v) is 4.78. The smallest absolute Gasteiger partial charge is 0.307 e. The number of para-hydroxylation sites is 1. The number of carbonyl (C=O) groups is 1. The summed E-state index contributed by atoms with van der Waals surface area (Å²) in [5.74, 6) is 5.01. The number of hydrogen-bond acceptors (Lipinski definition) is 4. The van der Waals surface area contributed by atoms with Crippen molar-refractivity contribution in [2.24, 2.45) is 0 Å². The lowest BCUT2D eigenvalue weighted by molar-refractivity contribution is -0.384. The van der Waals surface area contributed by atoms with Crippen molar-refractivity contribution >= 4 is 17.3 Å². The number of rotatable bonds is 2. The van der Waals surface area contributed by atoms with E-state index in [0.29, 0.717) is 0 Å². The van der Waals surface area contributed by atoms with Gasteiger partial charge in [0.15, 0.2) is 0 Å². The zero-order valence-corrected chi connectivity index (χ0v) is 9.19. The molecule has 0 spiro atoms. The van der Waals surface area contributed by atoms with Crippen molar-refractivity contribution in [2.45, 2.75) is 6.92 Å². The number of nitrogens with two attached hydrogens (primary N) is 1. The molecule has 1 aromatic carbocycles. The van der Waals surface area contributed by atoms with Crippen molar-refractivity contribution in [3.8, 4) is 11.8 Å². The Morgan fingerprint density at radius 3 is 2.88 bits per heavy atom. The van der Waals surface area contributed by atoms with Crippen LogP contribution in [0.15, 0.2) is 18.2 Å². The molecule has 3 N–H and O–H groups in total. The van der Waals surface area contributed by atoms with Crippen molar-refractivity contribution in [3.05, 3.63) is 33.9 Å². The molecule has 0 aliphatic rings. The van der Waals surface area contributed by atoms with E-state index in [9.17, 15) is 14.9 Å². The van der Waals surface area contributed by atoms with E-state index in [1.807, 2.05) is 0 Å². The van der Waals surface area contributed by atoms with E-state index in [4.69, 9.17) is 5.73 Å². The normalized spacial score (nSPS) is 9.00. The first kappa shape index (κ1) is 12.5. The molecule has 0 unspecified atom stereocenters. The van der Waals surface area contributed by atoms with Gasteiger partial charge in [0, 0.05) is 6.92 Å². The molecule has 1 rings (SSSR count). The van der Waals surface area contributed by atoms with Gasteiger partial charge in [0.2, 0.25) is 5.91 Å². The molecule has 1 aromatic rings. The van der Waals surface area contributed by atoms with Crippen LogP contribution in [0.3, 0.4) is 0 Å². The fourth-order valence-electron chi connectivity index (χ4n) is 1.17. The number of benzene rings is 1. The molecule has 0 bridgehead atoms. The van der Waals surface area contributed by atoms with Crippen LogP contribution in [0.25, 0.3) is 0 Å². The molecule has 0 saturated carbocycles. The predicted molar refractivity (Wildman–Crippen MR) is 63.1 cm³/mol. The highest BCUT2D eigenvalue weighted by Crippen LogP contribution is 2.24. The summed E-state index contributed by atoms with van der Waals surface area (Å²) in [7, 11) is 0. The fourth-order valence-corrected chi connectivity index (χ4v) is 1.17. The van der Waals surface area contributed by atoms with Gasteiger partial charge in [0.25, 0.3) is 0 Å². The van der Waals surface area contributed by atoms with E-state index >= 15 is 0 Å². The van der Waals surface area contributed by atoms with Crippen LogP contribution in [0.2, 0.25) is 0 Å². The molecule has 0 heterocycles. The molecule has 0 saturated heterocycles. The predicted octanol–water partition coefficient (Wildman–Crippen LogP) is 0.665. The molecule has 17 heavy (non-hydrogen) atoms. The number of nitro benzene ring substituents is 1. The summed E-state index contributed by atoms with van der Waals surface area (Å²) in [6, 6.07) is 4.54. The number of nitro groups is 1. The van der Waals surface area contributed by atoms with Crippen LogP contribution in [0.1, 0.15) is 12.5 Å². The Labute approximate surface area is 98.0 Å². The number of anilines is 1. The molecule has 0 fully saturated rings. The van der Waals surface area contributed by atoms with E-state index in [1.54, 1.807) is 6.07 Å². The lowest BCUT2D eigenvalue weighted by Crippen LogP contribution is -2.19. The number of nitrogen functional groups attached to an aromatic ring is 1. The average molecular weight is 233 g/mol. The van der Waals surface area contributed by atoms with Crippen LogP contribution in [0.4, 0.5) is 11.4 Å². The Morgan fingerprint density at radius 2 is 2.29 bits per heavy atom. The maximum atomic E-state index is 10.8. The van der Waals surface area contributed by atoms with Gasteiger partial charge in [-0.05, 0) is 12.1 Å². The Kier molecular flexibility index (Phi) is 4.06. The minimum atomic E-state index is -0.572. The molecule has 6 heteroatoms. The van der Waals surface area contributed by atoms with Crippen LogP contribution in [0.5, 0.6) is 0 Å². The summed E-state index contributed by atoms with van der Waals surface area (Å²) in [5.41, 5.74) is 5.60. The van der Waals surface area contributed by atoms with Crippen LogP contribution in [0, 0.1) is 22.0 Å². The number of carbonyl (C=O) groups excluding carboxylic acids is 1.